The lowest BCUT2D eigenvalue weighted by molar-refractivity contribution is 0.224. The summed E-state index contributed by atoms with van der Waals surface area (Å²) in [6.45, 7) is 6.69. The number of nitrogens with two attached hydrogens (primary N) is 1. The van der Waals surface area contributed by atoms with Gasteiger partial charge in [-0.1, -0.05) is 43.5 Å². The molecule has 1 aliphatic carbocycles. The smallest absolute Gasteiger partial charge is 0.0516 e. The molecule has 0 spiro atoms. The fourth-order valence-corrected chi connectivity index (χ4v) is 3.21. The molecule has 0 heterocycles. The van der Waals surface area contributed by atoms with E-state index in [1.165, 1.54) is 42.4 Å². The average Bonchev–Trinajstić information content (AvgIpc) is 2.72. The first-order chi connectivity index (χ1) is 8.07. The van der Waals surface area contributed by atoms with Gasteiger partial charge in [-0.05, 0) is 43.2 Å². The van der Waals surface area contributed by atoms with Crippen LogP contribution < -0.4 is 11.3 Å². The van der Waals surface area contributed by atoms with Crippen molar-refractivity contribution in [3.8, 4) is 0 Å². The maximum Gasteiger partial charge on any atom is 0.0516 e. The highest BCUT2D eigenvalue weighted by atomic mass is 15.2. The number of hydrogen-bond acceptors (Lipinski definition) is 2. The zero-order valence-corrected chi connectivity index (χ0v) is 11.2. The van der Waals surface area contributed by atoms with Crippen molar-refractivity contribution in [3.05, 3.63) is 34.9 Å². The molecule has 1 fully saturated rings. The minimum Gasteiger partial charge on any atom is -0.271 e. The van der Waals surface area contributed by atoms with Crippen molar-refractivity contribution >= 4 is 0 Å². The number of aryl methyl sites for hydroxylation is 2. The van der Waals surface area contributed by atoms with Crippen LogP contribution in [0.15, 0.2) is 18.2 Å². The minimum atomic E-state index is 0.282. The van der Waals surface area contributed by atoms with Crippen molar-refractivity contribution in [2.75, 3.05) is 0 Å². The molecule has 2 heteroatoms. The Morgan fingerprint density at radius 3 is 2.47 bits per heavy atom. The molecule has 1 atom stereocenters. The molecule has 0 saturated heterocycles. The summed E-state index contributed by atoms with van der Waals surface area (Å²) in [5, 5.41) is 0. The molecule has 0 bridgehead atoms. The molecule has 0 amide bonds. The van der Waals surface area contributed by atoms with E-state index in [4.69, 9.17) is 5.84 Å². The molecule has 94 valence electrons. The highest BCUT2D eigenvalue weighted by Crippen LogP contribution is 2.47. The number of rotatable bonds is 3. The van der Waals surface area contributed by atoms with Gasteiger partial charge in [0.15, 0.2) is 0 Å². The third-order valence-corrected chi connectivity index (χ3v) is 4.36. The summed E-state index contributed by atoms with van der Waals surface area (Å²) in [5.74, 6) is 5.84. The highest BCUT2D eigenvalue weighted by Gasteiger charge is 2.37. The summed E-state index contributed by atoms with van der Waals surface area (Å²) in [7, 11) is 0. The number of hydrogen-bond donors (Lipinski definition) is 2. The van der Waals surface area contributed by atoms with Crippen LogP contribution in [0.3, 0.4) is 0 Å². The maximum atomic E-state index is 5.84. The van der Waals surface area contributed by atoms with Gasteiger partial charge in [-0.2, -0.15) is 0 Å². The van der Waals surface area contributed by atoms with Gasteiger partial charge in [-0.25, -0.2) is 0 Å². The van der Waals surface area contributed by atoms with Crippen LogP contribution >= 0.6 is 0 Å². The Kier molecular flexibility index (Phi) is 3.55. The molecule has 1 saturated carbocycles. The lowest BCUT2D eigenvalue weighted by Crippen LogP contribution is -2.39. The normalized spacial score (nSPS) is 20.5. The Morgan fingerprint density at radius 2 is 1.88 bits per heavy atom. The number of benzene rings is 1. The molecule has 1 aliphatic rings. The first-order valence-electron chi connectivity index (χ1n) is 6.60. The van der Waals surface area contributed by atoms with Crippen LogP contribution in [0.2, 0.25) is 0 Å². The van der Waals surface area contributed by atoms with Crippen LogP contribution in [0.4, 0.5) is 0 Å². The van der Waals surface area contributed by atoms with Crippen molar-refractivity contribution in [2.24, 2.45) is 11.3 Å². The fourth-order valence-electron chi connectivity index (χ4n) is 3.21. The van der Waals surface area contributed by atoms with Crippen LogP contribution in [0, 0.1) is 19.3 Å². The molecule has 0 aromatic heterocycles. The predicted octanol–water partition coefficient (Wildman–Crippen LogP) is 3.39. The van der Waals surface area contributed by atoms with E-state index in [2.05, 4.69) is 44.4 Å². The molecule has 1 aromatic rings. The molecule has 3 N–H and O–H groups in total. The van der Waals surface area contributed by atoms with Gasteiger partial charge < -0.3 is 0 Å². The summed E-state index contributed by atoms with van der Waals surface area (Å²) in [6.07, 6.45) is 5.21. The van der Waals surface area contributed by atoms with Gasteiger partial charge in [-0.15, -0.1) is 0 Å². The monoisotopic (exact) mass is 232 g/mol. The summed E-state index contributed by atoms with van der Waals surface area (Å²) in [5.41, 5.74) is 7.41. The van der Waals surface area contributed by atoms with Crippen LogP contribution in [-0.4, -0.2) is 0 Å². The van der Waals surface area contributed by atoms with Gasteiger partial charge in [0.25, 0.3) is 0 Å². The van der Waals surface area contributed by atoms with Crippen LogP contribution in [0.5, 0.6) is 0 Å². The molecule has 17 heavy (non-hydrogen) atoms. The SMILES string of the molecule is Cc1ccc(C)c(C(NN)C2(C)CCCC2)c1. The first kappa shape index (κ1) is 12.6. The standard InChI is InChI=1S/C15H24N2/c1-11-6-7-12(2)13(10-11)14(17-16)15(3)8-4-5-9-15/h6-7,10,14,17H,4-5,8-9,16H2,1-3H3. The Bertz CT molecular complexity index is 392. The van der Waals surface area contributed by atoms with Gasteiger partial charge >= 0.3 is 0 Å². The summed E-state index contributed by atoms with van der Waals surface area (Å²) < 4.78 is 0. The molecule has 0 aliphatic heterocycles. The lowest BCUT2D eigenvalue weighted by atomic mass is 9.76. The van der Waals surface area contributed by atoms with Crippen molar-refractivity contribution in [3.63, 3.8) is 0 Å². The van der Waals surface area contributed by atoms with Gasteiger partial charge in [0.1, 0.15) is 0 Å². The zero-order chi connectivity index (χ0) is 12.5. The number of hydrazine groups is 1. The Hall–Kier alpha value is -0.860. The van der Waals surface area contributed by atoms with Crippen molar-refractivity contribution in [1.29, 1.82) is 0 Å². The van der Waals surface area contributed by atoms with Crippen molar-refractivity contribution in [2.45, 2.75) is 52.5 Å². The van der Waals surface area contributed by atoms with E-state index < -0.39 is 0 Å². The van der Waals surface area contributed by atoms with E-state index in [9.17, 15) is 0 Å². The molecule has 2 rings (SSSR count). The van der Waals surface area contributed by atoms with E-state index in [0.29, 0.717) is 5.41 Å². The summed E-state index contributed by atoms with van der Waals surface area (Å²) in [6, 6.07) is 6.94. The first-order valence-corrected chi connectivity index (χ1v) is 6.60. The average molecular weight is 232 g/mol. The Balaban J connectivity index is 2.37. The van der Waals surface area contributed by atoms with E-state index in [0.717, 1.165) is 0 Å². The summed E-state index contributed by atoms with van der Waals surface area (Å²) >= 11 is 0. The lowest BCUT2D eigenvalue weighted by Gasteiger charge is -2.35. The molecule has 2 nitrogen and oxygen atoms in total. The Morgan fingerprint density at radius 1 is 1.24 bits per heavy atom. The van der Waals surface area contributed by atoms with E-state index in [-0.39, 0.29) is 6.04 Å². The Labute approximate surface area is 105 Å². The predicted molar refractivity (Wildman–Crippen MR) is 72.6 cm³/mol. The maximum absolute atomic E-state index is 5.84. The molecular weight excluding hydrogens is 208 g/mol. The van der Waals surface area contributed by atoms with Gasteiger partial charge in [0.05, 0.1) is 6.04 Å². The van der Waals surface area contributed by atoms with E-state index >= 15 is 0 Å². The second-order valence-electron chi connectivity index (χ2n) is 5.82. The molecular formula is C15H24N2. The largest absolute Gasteiger partial charge is 0.271 e. The topological polar surface area (TPSA) is 38.0 Å². The van der Waals surface area contributed by atoms with Gasteiger partial charge in [0, 0.05) is 0 Å². The van der Waals surface area contributed by atoms with Crippen molar-refractivity contribution < 1.29 is 0 Å². The van der Waals surface area contributed by atoms with Gasteiger partial charge in [0.2, 0.25) is 0 Å². The van der Waals surface area contributed by atoms with E-state index in [1.54, 1.807) is 0 Å². The van der Waals surface area contributed by atoms with Crippen LogP contribution in [0.25, 0.3) is 0 Å². The second-order valence-corrected chi connectivity index (χ2v) is 5.82. The third kappa shape index (κ3) is 2.38. The molecule has 1 unspecified atom stereocenters. The minimum absolute atomic E-state index is 0.282. The third-order valence-electron chi connectivity index (χ3n) is 4.36. The number of nitrogens with one attached hydrogen (secondary N) is 1. The summed E-state index contributed by atoms with van der Waals surface area (Å²) in [4.78, 5) is 0. The highest BCUT2D eigenvalue weighted by molar-refractivity contribution is 5.34. The molecule has 0 radical (unpaired) electrons. The molecule has 1 aromatic carbocycles. The quantitative estimate of drug-likeness (QED) is 0.619. The second kappa shape index (κ2) is 4.79. The van der Waals surface area contributed by atoms with Crippen LogP contribution in [-0.2, 0) is 0 Å². The van der Waals surface area contributed by atoms with Crippen molar-refractivity contribution in [1.82, 2.24) is 5.43 Å². The van der Waals surface area contributed by atoms with Crippen LogP contribution in [0.1, 0.15) is 55.3 Å². The fraction of sp³-hybridized carbons (Fsp3) is 0.600. The van der Waals surface area contributed by atoms with E-state index in [1.807, 2.05) is 0 Å². The zero-order valence-electron chi connectivity index (χ0n) is 11.2. The van der Waals surface area contributed by atoms with Gasteiger partial charge in [-0.3, -0.25) is 11.3 Å².